The molecule has 0 aromatic heterocycles. The van der Waals surface area contributed by atoms with Crippen LogP contribution >= 0.6 is 11.8 Å². The first-order valence-electron chi connectivity index (χ1n) is 12.4. The molecule has 168 valence electrons. The molecule has 34 heavy (non-hydrogen) atoms. The van der Waals surface area contributed by atoms with Crippen LogP contribution in [0.5, 0.6) is 0 Å². The molecule has 6 rings (SSSR count). The predicted octanol–water partition coefficient (Wildman–Crippen LogP) is 9.40. The van der Waals surface area contributed by atoms with E-state index in [0.29, 0.717) is 5.92 Å². The molecule has 1 unspecified atom stereocenters. The molecule has 5 aromatic rings. The fraction of sp³-hybridized carbons (Fsp3) is 0.212. The summed E-state index contributed by atoms with van der Waals surface area (Å²) in [5.74, 6) is 0.461. The van der Waals surface area contributed by atoms with Crippen LogP contribution in [0, 0.1) is 5.92 Å². The highest BCUT2D eigenvalue weighted by atomic mass is 32.2. The van der Waals surface area contributed by atoms with Crippen molar-refractivity contribution in [3.63, 3.8) is 0 Å². The second-order valence-corrected chi connectivity index (χ2v) is 11.0. The van der Waals surface area contributed by atoms with Crippen molar-refractivity contribution >= 4 is 33.3 Å². The summed E-state index contributed by atoms with van der Waals surface area (Å²) in [6, 6.07) is 36.4. The minimum Gasteiger partial charge on any atom is -0.0895 e. The van der Waals surface area contributed by atoms with Crippen LogP contribution in [-0.2, 0) is 11.8 Å². The van der Waals surface area contributed by atoms with Crippen molar-refractivity contribution in [1.29, 1.82) is 0 Å². The van der Waals surface area contributed by atoms with Crippen LogP contribution in [0.25, 0.3) is 21.5 Å². The van der Waals surface area contributed by atoms with E-state index in [2.05, 4.69) is 118 Å². The molecule has 1 aliphatic heterocycles. The van der Waals surface area contributed by atoms with Crippen molar-refractivity contribution in [2.24, 2.45) is 5.92 Å². The van der Waals surface area contributed by atoms with Crippen molar-refractivity contribution in [2.75, 3.05) is 0 Å². The van der Waals surface area contributed by atoms with Gasteiger partial charge < -0.3 is 0 Å². The smallest absolute Gasteiger partial charge is 0.0232 e. The fourth-order valence-corrected chi connectivity index (χ4v) is 7.34. The maximum absolute atomic E-state index is 2.42. The maximum Gasteiger partial charge on any atom is 0.0232 e. The van der Waals surface area contributed by atoms with Crippen molar-refractivity contribution in [3.8, 4) is 0 Å². The zero-order valence-corrected chi connectivity index (χ0v) is 21.0. The molecule has 1 heterocycles. The Bertz CT molecular complexity index is 1530. The van der Waals surface area contributed by atoms with Crippen LogP contribution in [0.15, 0.2) is 107 Å². The van der Waals surface area contributed by atoms with E-state index < -0.39 is 0 Å². The average Bonchev–Trinajstić information content (AvgIpc) is 2.87. The molecule has 0 radical (unpaired) electrons. The van der Waals surface area contributed by atoms with Crippen LogP contribution in [-0.4, -0.2) is 0 Å². The SMILES string of the molecule is CCC(c1cccc2c1Cc1ccccc1S2)(c1cccc2cc3ccccc3cc12)C(C)C. The lowest BCUT2D eigenvalue weighted by Crippen LogP contribution is -2.35. The number of rotatable bonds is 4. The lowest BCUT2D eigenvalue weighted by Gasteiger charge is -2.41. The summed E-state index contributed by atoms with van der Waals surface area (Å²) >= 11 is 1.94. The molecule has 1 atom stereocenters. The molecule has 0 amide bonds. The predicted molar refractivity (Wildman–Crippen MR) is 147 cm³/mol. The maximum atomic E-state index is 2.42. The number of benzene rings is 5. The molecule has 5 aromatic carbocycles. The summed E-state index contributed by atoms with van der Waals surface area (Å²) in [7, 11) is 0. The normalized spacial score (nSPS) is 14.7. The molecule has 0 nitrogen and oxygen atoms in total. The van der Waals surface area contributed by atoms with E-state index in [4.69, 9.17) is 0 Å². The van der Waals surface area contributed by atoms with Gasteiger partial charge in [-0.15, -0.1) is 0 Å². The molecule has 0 spiro atoms. The van der Waals surface area contributed by atoms with Gasteiger partial charge in [-0.2, -0.15) is 0 Å². The third kappa shape index (κ3) is 3.21. The van der Waals surface area contributed by atoms with Crippen LogP contribution in [0.2, 0.25) is 0 Å². The van der Waals surface area contributed by atoms with Gasteiger partial charge in [0, 0.05) is 15.2 Å². The number of hydrogen-bond donors (Lipinski definition) is 0. The molecular weight excluding hydrogens is 428 g/mol. The fourth-order valence-electron chi connectivity index (χ4n) is 6.23. The van der Waals surface area contributed by atoms with Gasteiger partial charge in [-0.3, -0.25) is 0 Å². The third-order valence-electron chi connectivity index (χ3n) is 7.94. The molecule has 0 N–H and O–H groups in total. The summed E-state index contributed by atoms with van der Waals surface area (Å²) in [6.45, 7) is 7.20. The van der Waals surface area contributed by atoms with Crippen molar-refractivity contribution in [2.45, 2.75) is 48.8 Å². The van der Waals surface area contributed by atoms with Crippen molar-refractivity contribution < 1.29 is 0 Å². The van der Waals surface area contributed by atoms with E-state index in [1.807, 2.05) is 11.8 Å². The zero-order chi connectivity index (χ0) is 23.3. The lowest BCUT2D eigenvalue weighted by atomic mass is 9.62. The second-order valence-electron chi connectivity index (χ2n) is 9.87. The van der Waals surface area contributed by atoms with E-state index >= 15 is 0 Å². The molecule has 0 saturated carbocycles. The minimum atomic E-state index is -0.0554. The van der Waals surface area contributed by atoms with Crippen molar-refractivity contribution in [1.82, 2.24) is 0 Å². The quantitative estimate of drug-likeness (QED) is 0.237. The van der Waals surface area contributed by atoms with Gasteiger partial charge in [-0.25, -0.2) is 0 Å². The van der Waals surface area contributed by atoms with Gasteiger partial charge in [-0.1, -0.05) is 105 Å². The van der Waals surface area contributed by atoms with Gasteiger partial charge in [0.15, 0.2) is 0 Å². The van der Waals surface area contributed by atoms with Crippen LogP contribution in [0.1, 0.15) is 49.4 Å². The Balaban J connectivity index is 1.63. The Morgan fingerprint density at radius 3 is 2.15 bits per heavy atom. The van der Waals surface area contributed by atoms with E-state index in [0.717, 1.165) is 12.8 Å². The molecular formula is C33H30S. The van der Waals surface area contributed by atoms with Gasteiger partial charge in [0.1, 0.15) is 0 Å². The highest BCUT2D eigenvalue weighted by Crippen LogP contribution is 2.50. The van der Waals surface area contributed by atoms with Crippen LogP contribution in [0.4, 0.5) is 0 Å². The van der Waals surface area contributed by atoms with Crippen molar-refractivity contribution in [3.05, 3.63) is 119 Å². The number of hydrogen-bond acceptors (Lipinski definition) is 1. The van der Waals surface area contributed by atoms with Crippen LogP contribution in [0.3, 0.4) is 0 Å². The Labute approximate surface area is 207 Å². The van der Waals surface area contributed by atoms with E-state index in [-0.39, 0.29) is 5.41 Å². The summed E-state index contributed by atoms with van der Waals surface area (Å²) in [6.07, 6.45) is 2.08. The minimum absolute atomic E-state index is 0.0554. The first-order valence-corrected chi connectivity index (χ1v) is 13.2. The Kier molecular flexibility index (Phi) is 5.26. The van der Waals surface area contributed by atoms with Gasteiger partial charge in [-0.05, 0) is 86.8 Å². The molecule has 0 aliphatic carbocycles. The molecule has 1 heteroatoms. The summed E-state index contributed by atoms with van der Waals surface area (Å²) < 4.78 is 0. The van der Waals surface area contributed by atoms with E-state index in [1.165, 1.54) is 53.6 Å². The van der Waals surface area contributed by atoms with Gasteiger partial charge in [0.05, 0.1) is 0 Å². The monoisotopic (exact) mass is 458 g/mol. The first kappa shape index (κ1) is 21.5. The molecule has 0 bridgehead atoms. The lowest BCUT2D eigenvalue weighted by molar-refractivity contribution is 0.358. The zero-order valence-electron chi connectivity index (χ0n) is 20.1. The summed E-state index contributed by atoms with van der Waals surface area (Å²) in [5.41, 5.74) is 5.88. The van der Waals surface area contributed by atoms with Crippen LogP contribution < -0.4 is 0 Å². The van der Waals surface area contributed by atoms with E-state index in [1.54, 1.807) is 0 Å². The molecule has 0 saturated heterocycles. The second kappa shape index (κ2) is 8.32. The summed E-state index contributed by atoms with van der Waals surface area (Å²) in [4.78, 5) is 2.82. The van der Waals surface area contributed by atoms with Gasteiger partial charge in [0.25, 0.3) is 0 Å². The Morgan fingerprint density at radius 2 is 1.35 bits per heavy atom. The highest BCUT2D eigenvalue weighted by molar-refractivity contribution is 7.99. The van der Waals surface area contributed by atoms with Gasteiger partial charge >= 0.3 is 0 Å². The molecule has 0 fully saturated rings. The topological polar surface area (TPSA) is 0 Å². The Morgan fingerprint density at radius 1 is 0.706 bits per heavy atom. The number of fused-ring (bicyclic) bond motifs is 4. The summed E-state index contributed by atoms with van der Waals surface area (Å²) in [5, 5.41) is 5.34. The largest absolute Gasteiger partial charge is 0.0895 e. The average molecular weight is 459 g/mol. The third-order valence-corrected chi connectivity index (χ3v) is 9.16. The Hall–Kier alpha value is -3.03. The van der Waals surface area contributed by atoms with E-state index in [9.17, 15) is 0 Å². The highest BCUT2D eigenvalue weighted by Gasteiger charge is 2.39. The molecule has 1 aliphatic rings. The standard InChI is InChI=1S/C33H30S/c1-4-33(22(2)3,29-15-9-14-25-19-23-11-5-6-12-24(23)20-27(25)29)30-16-10-18-32-28(30)21-26-13-7-8-17-31(26)34-32/h5-20,22H,4,21H2,1-3H3. The van der Waals surface area contributed by atoms with Gasteiger partial charge in [0.2, 0.25) is 0 Å². The first-order chi connectivity index (χ1) is 16.6.